The van der Waals surface area contributed by atoms with E-state index in [0.717, 1.165) is 0 Å². The number of benzene rings is 1. The number of nitrogens with two attached hydrogens (primary N) is 2. The number of rotatable bonds is 6. The van der Waals surface area contributed by atoms with E-state index in [1.807, 2.05) is 0 Å². The number of carbonyl (C=O) groups is 1. The summed E-state index contributed by atoms with van der Waals surface area (Å²) in [5, 5.41) is 2.93. The summed E-state index contributed by atoms with van der Waals surface area (Å²) in [6.45, 7) is 0.713. The predicted molar refractivity (Wildman–Crippen MR) is 66.9 cm³/mol. The van der Waals surface area contributed by atoms with Crippen molar-refractivity contribution in [1.82, 2.24) is 4.98 Å². The molecule has 0 aliphatic rings. The van der Waals surface area contributed by atoms with E-state index in [1.165, 1.54) is 0 Å². The monoisotopic (exact) mass is 250 g/mol. The van der Waals surface area contributed by atoms with Gasteiger partial charge in [-0.3, -0.25) is 4.79 Å². The number of fused-ring (bicyclic) bond motifs is 1. The van der Waals surface area contributed by atoms with Crippen molar-refractivity contribution in [2.45, 2.75) is 0 Å². The van der Waals surface area contributed by atoms with E-state index in [2.05, 4.69) is 10.3 Å². The number of nitrogens with one attached hydrogen (secondary N) is 1. The van der Waals surface area contributed by atoms with Gasteiger partial charge in [0.25, 0.3) is 6.01 Å². The van der Waals surface area contributed by atoms with Gasteiger partial charge < -0.3 is 25.9 Å². The maximum atomic E-state index is 10.4. The number of nitrogens with zero attached hydrogens (tertiary/aromatic N) is 1. The summed E-state index contributed by atoms with van der Waals surface area (Å²) in [5.41, 5.74) is 12.5. The number of carbonyl (C=O) groups excluding carboxylic acids is 1. The third-order valence-corrected chi connectivity index (χ3v) is 2.18. The van der Waals surface area contributed by atoms with Crippen molar-refractivity contribution in [2.75, 3.05) is 30.8 Å². The SMILES string of the molecule is NC(=O)COCCNc1nc2cc(N)ccc2o1. The van der Waals surface area contributed by atoms with Crippen molar-refractivity contribution in [3.63, 3.8) is 0 Å². The molecule has 1 aromatic carbocycles. The quantitative estimate of drug-likeness (QED) is 0.502. The number of nitrogen functional groups attached to an aromatic ring is 1. The first-order valence-corrected chi connectivity index (χ1v) is 5.41. The van der Waals surface area contributed by atoms with Crippen LogP contribution in [0.15, 0.2) is 22.6 Å². The molecule has 1 heterocycles. The fourth-order valence-electron chi connectivity index (χ4n) is 1.42. The Bertz CT molecular complexity index is 552. The molecule has 7 nitrogen and oxygen atoms in total. The highest BCUT2D eigenvalue weighted by atomic mass is 16.5. The zero-order valence-corrected chi connectivity index (χ0v) is 9.68. The van der Waals surface area contributed by atoms with Gasteiger partial charge in [-0.05, 0) is 18.2 Å². The molecule has 0 atom stereocenters. The Morgan fingerprint density at radius 1 is 1.50 bits per heavy atom. The van der Waals surface area contributed by atoms with Crippen LogP contribution >= 0.6 is 0 Å². The number of aromatic nitrogens is 1. The molecule has 0 saturated heterocycles. The maximum absolute atomic E-state index is 10.4. The van der Waals surface area contributed by atoms with E-state index in [0.29, 0.717) is 36.0 Å². The number of anilines is 2. The maximum Gasteiger partial charge on any atom is 0.295 e. The number of primary amides is 1. The van der Waals surface area contributed by atoms with Gasteiger partial charge in [-0.15, -0.1) is 0 Å². The van der Waals surface area contributed by atoms with Crippen molar-refractivity contribution in [3.8, 4) is 0 Å². The van der Waals surface area contributed by atoms with Gasteiger partial charge in [-0.25, -0.2) is 0 Å². The lowest BCUT2D eigenvalue weighted by Gasteiger charge is -2.01. The first kappa shape index (κ1) is 12.2. The van der Waals surface area contributed by atoms with E-state index in [1.54, 1.807) is 18.2 Å². The average molecular weight is 250 g/mol. The molecule has 0 spiro atoms. The number of hydrogen-bond donors (Lipinski definition) is 3. The lowest BCUT2D eigenvalue weighted by Crippen LogP contribution is -2.20. The summed E-state index contributed by atoms with van der Waals surface area (Å²) in [6.07, 6.45) is 0. The molecular weight excluding hydrogens is 236 g/mol. The van der Waals surface area contributed by atoms with E-state index in [9.17, 15) is 4.79 Å². The van der Waals surface area contributed by atoms with Crippen LogP contribution in [-0.4, -0.2) is 30.6 Å². The van der Waals surface area contributed by atoms with Gasteiger partial charge in [0.15, 0.2) is 5.58 Å². The van der Waals surface area contributed by atoms with Crippen LogP contribution in [0.3, 0.4) is 0 Å². The molecule has 5 N–H and O–H groups in total. The van der Waals surface area contributed by atoms with Gasteiger partial charge in [-0.2, -0.15) is 4.98 Å². The molecule has 0 unspecified atom stereocenters. The molecule has 0 aliphatic heterocycles. The van der Waals surface area contributed by atoms with Crippen molar-refractivity contribution in [1.29, 1.82) is 0 Å². The van der Waals surface area contributed by atoms with Crippen LogP contribution in [0.5, 0.6) is 0 Å². The predicted octanol–water partition coefficient (Wildman–Crippen LogP) is 0.324. The van der Waals surface area contributed by atoms with Crippen molar-refractivity contribution in [3.05, 3.63) is 18.2 Å². The molecule has 2 rings (SSSR count). The number of amides is 1. The average Bonchev–Trinajstić information content (AvgIpc) is 2.70. The molecule has 7 heteroatoms. The smallest absolute Gasteiger partial charge is 0.295 e. The minimum absolute atomic E-state index is 0.0915. The second-order valence-corrected chi connectivity index (χ2v) is 3.69. The fraction of sp³-hybridized carbons (Fsp3) is 0.273. The van der Waals surface area contributed by atoms with Gasteiger partial charge in [0.05, 0.1) is 6.61 Å². The van der Waals surface area contributed by atoms with Crippen LogP contribution in [0, 0.1) is 0 Å². The Hall–Kier alpha value is -2.28. The molecule has 96 valence electrons. The Kier molecular flexibility index (Phi) is 3.63. The molecular formula is C11H14N4O3. The van der Waals surface area contributed by atoms with Gasteiger partial charge in [0.1, 0.15) is 12.1 Å². The minimum Gasteiger partial charge on any atom is -0.424 e. The Morgan fingerprint density at radius 2 is 2.33 bits per heavy atom. The summed E-state index contributed by atoms with van der Waals surface area (Å²) in [4.78, 5) is 14.6. The summed E-state index contributed by atoms with van der Waals surface area (Å²) < 4.78 is 10.4. The minimum atomic E-state index is -0.493. The van der Waals surface area contributed by atoms with Gasteiger partial charge >= 0.3 is 0 Å². The topological polar surface area (TPSA) is 116 Å². The van der Waals surface area contributed by atoms with Crippen LogP contribution < -0.4 is 16.8 Å². The van der Waals surface area contributed by atoms with Crippen molar-refractivity contribution >= 4 is 28.7 Å². The number of oxazole rings is 1. The summed E-state index contributed by atoms with van der Waals surface area (Å²) in [5.74, 6) is -0.493. The highest BCUT2D eigenvalue weighted by molar-refractivity contribution is 5.78. The Morgan fingerprint density at radius 3 is 3.11 bits per heavy atom. The van der Waals surface area contributed by atoms with Gasteiger partial charge in [0.2, 0.25) is 5.91 Å². The molecule has 2 aromatic rings. The molecule has 1 amide bonds. The summed E-state index contributed by atoms with van der Waals surface area (Å²) in [6, 6.07) is 5.62. The Labute approximate surface area is 103 Å². The number of ether oxygens (including phenoxy) is 1. The van der Waals surface area contributed by atoms with Crippen LogP contribution in [-0.2, 0) is 9.53 Å². The van der Waals surface area contributed by atoms with Crippen LogP contribution in [0.4, 0.5) is 11.7 Å². The standard InChI is InChI=1S/C11H14N4O3/c12-7-1-2-9-8(5-7)15-11(18-9)14-3-4-17-6-10(13)16/h1-2,5H,3-4,6,12H2,(H2,13,16)(H,14,15). The molecule has 1 aromatic heterocycles. The van der Waals surface area contributed by atoms with E-state index in [-0.39, 0.29) is 6.61 Å². The molecule has 0 aliphatic carbocycles. The van der Waals surface area contributed by atoms with E-state index >= 15 is 0 Å². The van der Waals surface area contributed by atoms with Gasteiger partial charge in [0, 0.05) is 12.2 Å². The first-order chi connectivity index (χ1) is 8.65. The molecule has 18 heavy (non-hydrogen) atoms. The van der Waals surface area contributed by atoms with E-state index in [4.69, 9.17) is 20.6 Å². The lowest BCUT2D eigenvalue weighted by atomic mass is 10.3. The lowest BCUT2D eigenvalue weighted by molar-refractivity contribution is -0.122. The largest absolute Gasteiger partial charge is 0.424 e. The second-order valence-electron chi connectivity index (χ2n) is 3.69. The highest BCUT2D eigenvalue weighted by Crippen LogP contribution is 2.20. The normalized spacial score (nSPS) is 10.7. The third-order valence-electron chi connectivity index (χ3n) is 2.18. The van der Waals surface area contributed by atoms with Crippen LogP contribution in [0.25, 0.3) is 11.1 Å². The van der Waals surface area contributed by atoms with Crippen LogP contribution in [0.2, 0.25) is 0 Å². The number of hydrogen-bond acceptors (Lipinski definition) is 6. The highest BCUT2D eigenvalue weighted by Gasteiger charge is 2.05. The molecule has 0 saturated carbocycles. The third kappa shape index (κ3) is 3.11. The van der Waals surface area contributed by atoms with Gasteiger partial charge in [-0.1, -0.05) is 0 Å². The zero-order valence-electron chi connectivity index (χ0n) is 9.68. The van der Waals surface area contributed by atoms with Crippen LogP contribution in [0.1, 0.15) is 0 Å². The second kappa shape index (κ2) is 5.37. The molecule has 0 radical (unpaired) electrons. The fourth-order valence-corrected chi connectivity index (χ4v) is 1.42. The van der Waals surface area contributed by atoms with Crippen molar-refractivity contribution in [2.24, 2.45) is 5.73 Å². The Balaban J connectivity index is 1.86. The zero-order chi connectivity index (χ0) is 13.0. The molecule has 0 fully saturated rings. The first-order valence-electron chi connectivity index (χ1n) is 5.41. The van der Waals surface area contributed by atoms with E-state index < -0.39 is 5.91 Å². The summed E-state index contributed by atoms with van der Waals surface area (Å²) >= 11 is 0. The molecule has 0 bridgehead atoms. The van der Waals surface area contributed by atoms with Crippen molar-refractivity contribution < 1.29 is 13.9 Å². The summed E-state index contributed by atoms with van der Waals surface area (Å²) in [7, 11) is 0.